The van der Waals surface area contributed by atoms with E-state index in [9.17, 15) is 14.7 Å². The Morgan fingerprint density at radius 2 is 1.68 bits per heavy atom. The molecule has 9 heteroatoms. The number of hydrogen-bond acceptors (Lipinski definition) is 6. The lowest BCUT2D eigenvalue weighted by Gasteiger charge is -2.10. The number of thiocarbonyl (C=S) groups is 1. The minimum absolute atomic E-state index is 0.0496. The van der Waals surface area contributed by atoms with Crippen LogP contribution in [-0.2, 0) is 4.79 Å². The molecule has 0 atom stereocenters. The Balaban J connectivity index is 1.85. The van der Waals surface area contributed by atoms with E-state index in [0.29, 0.717) is 17.1 Å². The van der Waals surface area contributed by atoms with Gasteiger partial charge >= 0.3 is 0 Å². The van der Waals surface area contributed by atoms with Crippen molar-refractivity contribution in [2.24, 2.45) is 0 Å². The monoisotopic (exact) mass is 401 g/mol. The van der Waals surface area contributed by atoms with Crippen molar-refractivity contribution in [3.63, 3.8) is 0 Å². The summed E-state index contributed by atoms with van der Waals surface area (Å²) >= 11 is 4.95. The lowest BCUT2D eigenvalue weighted by atomic mass is 10.2. The molecule has 0 spiro atoms. The van der Waals surface area contributed by atoms with Crippen LogP contribution >= 0.6 is 12.2 Å². The largest absolute Gasteiger partial charge is 0.508 e. The van der Waals surface area contributed by atoms with Gasteiger partial charge in [0.15, 0.2) is 16.6 Å². The first-order chi connectivity index (χ1) is 13.4. The average molecular weight is 401 g/mol. The summed E-state index contributed by atoms with van der Waals surface area (Å²) < 4.78 is 10.4. The number of rotatable bonds is 5. The predicted molar refractivity (Wildman–Crippen MR) is 108 cm³/mol. The second kappa shape index (κ2) is 9.93. The summed E-state index contributed by atoms with van der Waals surface area (Å²) in [6.45, 7) is 0. The van der Waals surface area contributed by atoms with Crippen molar-refractivity contribution in [1.82, 2.24) is 16.2 Å². The number of carbonyl (C=O) groups is 2. The first-order valence-corrected chi connectivity index (χ1v) is 8.44. The highest BCUT2D eigenvalue weighted by atomic mass is 32.1. The zero-order valence-corrected chi connectivity index (χ0v) is 16.0. The van der Waals surface area contributed by atoms with Crippen molar-refractivity contribution in [1.29, 1.82) is 0 Å². The summed E-state index contributed by atoms with van der Waals surface area (Å²) in [5, 5.41) is 11.5. The molecule has 2 aromatic rings. The van der Waals surface area contributed by atoms with Crippen molar-refractivity contribution in [3.05, 3.63) is 59.7 Å². The third-order valence-corrected chi connectivity index (χ3v) is 3.69. The van der Waals surface area contributed by atoms with Gasteiger partial charge in [0.05, 0.1) is 14.2 Å². The number of hydrazine groups is 1. The van der Waals surface area contributed by atoms with E-state index in [2.05, 4.69) is 16.2 Å². The molecule has 0 heterocycles. The zero-order chi connectivity index (χ0) is 20.5. The molecule has 0 aromatic heterocycles. The Kier molecular flexibility index (Phi) is 7.35. The molecule has 0 aliphatic rings. The van der Waals surface area contributed by atoms with Gasteiger partial charge in [0.25, 0.3) is 5.91 Å². The lowest BCUT2D eigenvalue weighted by Crippen LogP contribution is -2.48. The van der Waals surface area contributed by atoms with E-state index >= 15 is 0 Å². The van der Waals surface area contributed by atoms with Gasteiger partial charge in [0, 0.05) is 11.6 Å². The van der Waals surface area contributed by atoms with Gasteiger partial charge in [-0.05, 0) is 60.3 Å². The van der Waals surface area contributed by atoms with Gasteiger partial charge in [-0.15, -0.1) is 0 Å². The van der Waals surface area contributed by atoms with Crippen LogP contribution in [0.1, 0.15) is 15.9 Å². The van der Waals surface area contributed by atoms with E-state index in [-0.39, 0.29) is 10.9 Å². The maximum atomic E-state index is 11.9. The maximum Gasteiger partial charge on any atom is 0.269 e. The van der Waals surface area contributed by atoms with Crippen molar-refractivity contribution in [3.8, 4) is 17.2 Å². The number of phenolic OH excluding ortho intramolecular Hbond substituents is 1. The van der Waals surface area contributed by atoms with Crippen molar-refractivity contribution in [2.45, 2.75) is 0 Å². The third kappa shape index (κ3) is 5.99. The Morgan fingerprint density at radius 1 is 1.00 bits per heavy atom. The van der Waals surface area contributed by atoms with Crippen molar-refractivity contribution in [2.75, 3.05) is 14.2 Å². The molecule has 2 amide bonds. The fourth-order valence-corrected chi connectivity index (χ4v) is 2.26. The third-order valence-electron chi connectivity index (χ3n) is 3.49. The maximum absolute atomic E-state index is 11.9. The van der Waals surface area contributed by atoms with E-state index in [0.717, 1.165) is 5.56 Å². The van der Waals surface area contributed by atoms with Gasteiger partial charge in [0.2, 0.25) is 5.91 Å². The SMILES string of the molecule is COc1ccc(/C=C/C(=O)NC(=S)NNC(=O)c2ccc(O)cc2)cc1OC. The normalized spacial score (nSPS) is 10.2. The zero-order valence-electron chi connectivity index (χ0n) is 15.2. The highest BCUT2D eigenvalue weighted by molar-refractivity contribution is 7.80. The number of amides is 2. The topological polar surface area (TPSA) is 109 Å². The van der Waals surface area contributed by atoms with Crippen LogP contribution in [0.4, 0.5) is 0 Å². The van der Waals surface area contributed by atoms with E-state index in [1.165, 1.54) is 44.6 Å². The number of benzene rings is 2. The molecule has 8 nitrogen and oxygen atoms in total. The van der Waals surface area contributed by atoms with E-state index < -0.39 is 11.8 Å². The summed E-state index contributed by atoms with van der Waals surface area (Å²) in [5.74, 6) is 0.218. The second-order valence-corrected chi connectivity index (χ2v) is 5.80. The molecule has 2 rings (SSSR count). The first-order valence-electron chi connectivity index (χ1n) is 8.03. The van der Waals surface area contributed by atoms with Crippen LogP contribution in [0.5, 0.6) is 17.2 Å². The smallest absolute Gasteiger partial charge is 0.269 e. The Morgan fingerprint density at radius 3 is 2.32 bits per heavy atom. The minimum Gasteiger partial charge on any atom is -0.508 e. The molecule has 28 heavy (non-hydrogen) atoms. The van der Waals surface area contributed by atoms with Crippen molar-refractivity contribution < 1.29 is 24.2 Å². The summed E-state index contributed by atoms with van der Waals surface area (Å²) in [5.41, 5.74) is 5.81. The number of hydrogen-bond donors (Lipinski definition) is 4. The quantitative estimate of drug-likeness (QED) is 0.343. The van der Waals surface area contributed by atoms with Gasteiger partial charge in [-0.3, -0.25) is 25.8 Å². The van der Waals surface area contributed by atoms with E-state index in [1.54, 1.807) is 24.3 Å². The molecule has 146 valence electrons. The molecule has 2 aromatic carbocycles. The Hall–Kier alpha value is -3.59. The van der Waals surface area contributed by atoms with Crippen LogP contribution in [-0.4, -0.2) is 36.3 Å². The van der Waals surface area contributed by atoms with Crippen LogP contribution in [0.25, 0.3) is 6.08 Å². The highest BCUT2D eigenvalue weighted by Gasteiger charge is 2.07. The molecule has 0 saturated carbocycles. The molecule has 0 radical (unpaired) electrons. The fourth-order valence-electron chi connectivity index (χ4n) is 2.11. The molecule has 0 unspecified atom stereocenters. The minimum atomic E-state index is -0.480. The van der Waals surface area contributed by atoms with Crippen LogP contribution < -0.4 is 25.6 Å². The molecule has 0 aliphatic carbocycles. The predicted octanol–water partition coefficient (Wildman–Crippen LogP) is 1.76. The van der Waals surface area contributed by atoms with Crippen LogP contribution in [0.15, 0.2) is 48.5 Å². The van der Waals surface area contributed by atoms with Crippen LogP contribution in [0.3, 0.4) is 0 Å². The fraction of sp³-hybridized carbons (Fsp3) is 0.105. The number of aromatic hydroxyl groups is 1. The molecular formula is C19H19N3O5S. The standard InChI is InChI=1S/C19H19N3O5S/c1-26-15-9-3-12(11-16(15)27-2)4-10-17(24)20-19(28)22-21-18(25)13-5-7-14(23)8-6-13/h3-11,23H,1-2H3,(H,21,25)(H2,20,22,24,28)/b10-4+. The second-order valence-electron chi connectivity index (χ2n) is 5.39. The van der Waals surface area contributed by atoms with Gasteiger partial charge in [-0.25, -0.2) is 0 Å². The van der Waals surface area contributed by atoms with Gasteiger partial charge in [0.1, 0.15) is 5.75 Å². The van der Waals surface area contributed by atoms with Gasteiger partial charge in [-0.2, -0.15) is 0 Å². The molecule has 0 aliphatic heterocycles. The molecule has 0 fully saturated rings. The summed E-state index contributed by atoms with van der Waals surface area (Å²) in [4.78, 5) is 23.8. The summed E-state index contributed by atoms with van der Waals surface area (Å²) in [6, 6.07) is 10.9. The molecule has 4 N–H and O–H groups in total. The van der Waals surface area contributed by atoms with Crippen LogP contribution in [0, 0.1) is 0 Å². The Labute approximate surface area is 167 Å². The van der Waals surface area contributed by atoms with E-state index in [4.69, 9.17) is 21.7 Å². The number of ether oxygens (including phenoxy) is 2. The molecule has 0 bridgehead atoms. The highest BCUT2D eigenvalue weighted by Crippen LogP contribution is 2.27. The van der Waals surface area contributed by atoms with Crippen molar-refractivity contribution >= 4 is 35.2 Å². The number of carbonyl (C=O) groups excluding carboxylic acids is 2. The van der Waals surface area contributed by atoms with Gasteiger partial charge in [-0.1, -0.05) is 6.07 Å². The summed E-state index contributed by atoms with van der Waals surface area (Å²) in [7, 11) is 3.06. The van der Waals surface area contributed by atoms with Gasteiger partial charge < -0.3 is 14.6 Å². The number of nitrogens with one attached hydrogen (secondary N) is 3. The number of phenols is 1. The molecule has 0 saturated heterocycles. The van der Waals surface area contributed by atoms with Crippen LogP contribution in [0.2, 0.25) is 0 Å². The lowest BCUT2D eigenvalue weighted by molar-refractivity contribution is -0.115. The average Bonchev–Trinajstić information content (AvgIpc) is 2.70. The number of methoxy groups -OCH3 is 2. The Bertz CT molecular complexity index is 897. The summed E-state index contributed by atoms with van der Waals surface area (Å²) in [6.07, 6.45) is 2.87. The molecular weight excluding hydrogens is 382 g/mol. The first kappa shape index (κ1) is 20.7. The van der Waals surface area contributed by atoms with E-state index in [1.807, 2.05) is 0 Å².